The van der Waals surface area contributed by atoms with Crippen LogP contribution in [0.25, 0.3) is 66.8 Å². The zero-order chi connectivity index (χ0) is 56.8. The van der Waals surface area contributed by atoms with Gasteiger partial charge >= 0.3 is 0 Å². The van der Waals surface area contributed by atoms with Crippen molar-refractivity contribution in [3.8, 4) is 66.8 Å². The number of fused-ring (bicyclic) bond motifs is 16. The van der Waals surface area contributed by atoms with Gasteiger partial charge in [0.05, 0.1) is 11.1 Å². The van der Waals surface area contributed by atoms with Crippen molar-refractivity contribution >= 4 is 34.1 Å². The van der Waals surface area contributed by atoms with E-state index >= 15 is 0 Å². The normalized spacial score (nSPS) is 14.4. The zero-order valence-corrected chi connectivity index (χ0v) is 48.7. The van der Waals surface area contributed by atoms with Crippen LogP contribution in [-0.2, 0) is 16.2 Å². The summed E-state index contributed by atoms with van der Waals surface area (Å²) in [6.45, 7) is 16.3. The number of anilines is 6. The summed E-state index contributed by atoms with van der Waals surface area (Å²) in [7, 11) is 0. The van der Waals surface area contributed by atoms with E-state index in [9.17, 15) is 0 Å². The van der Waals surface area contributed by atoms with Crippen molar-refractivity contribution in [1.29, 1.82) is 0 Å². The monoisotopic (exact) mass is 1080 g/mol. The van der Waals surface area contributed by atoms with Gasteiger partial charge in [-0.05, 0) is 199 Å². The largest absolute Gasteiger partial charge is 0.310 e. The molecule has 0 N–H and O–H groups in total. The Morgan fingerprint density at radius 3 is 1.14 bits per heavy atom. The van der Waals surface area contributed by atoms with Crippen molar-refractivity contribution < 1.29 is 0 Å². The fourth-order valence-corrected chi connectivity index (χ4v) is 15.5. The molecular weight excluding hydrogens is 1010 g/mol. The first-order valence-corrected chi connectivity index (χ1v) is 29.8. The van der Waals surface area contributed by atoms with E-state index in [0.29, 0.717) is 0 Å². The second kappa shape index (κ2) is 18.4. The van der Waals surface area contributed by atoms with Gasteiger partial charge in [-0.2, -0.15) is 0 Å². The molecule has 0 atom stereocenters. The molecule has 84 heavy (non-hydrogen) atoms. The second-order valence-electron chi connectivity index (χ2n) is 25.0. The molecule has 402 valence electrons. The van der Waals surface area contributed by atoms with E-state index in [4.69, 9.17) is 0 Å². The first-order valence-electron chi connectivity index (χ1n) is 29.8. The third-order valence-corrected chi connectivity index (χ3v) is 19.5. The van der Waals surface area contributed by atoms with E-state index in [1.54, 1.807) is 0 Å². The van der Waals surface area contributed by atoms with Crippen molar-refractivity contribution in [3.63, 3.8) is 0 Å². The zero-order valence-electron chi connectivity index (χ0n) is 48.7. The Morgan fingerprint density at radius 2 is 0.607 bits per heavy atom. The van der Waals surface area contributed by atoms with Gasteiger partial charge in [-0.25, -0.2) is 0 Å². The number of hydrogen-bond acceptors (Lipinski definition) is 2. The van der Waals surface area contributed by atoms with Crippen LogP contribution in [0.5, 0.6) is 0 Å². The Labute approximate surface area is 494 Å². The van der Waals surface area contributed by atoms with Crippen LogP contribution in [0.1, 0.15) is 88.9 Å². The van der Waals surface area contributed by atoms with Gasteiger partial charge in [0.25, 0.3) is 0 Å². The first kappa shape index (κ1) is 50.0. The van der Waals surface area contributed by atoms with Crippen LogP contribution in [0.2, 0.25) is 0 Å². The number of aryl methyl sites for hydroxylation is 3. The third-order valence-electron chi connectivity index (χ3n) is 19.5. The number of rotatable bonds is 8. The minimum Gasteiger partial charge on any atom is -0.310 e. The third kappa shape index (κ3) is 7.16. The van der Waals surface area contributed by atoms with Gasteiger partial charge in [0.2, 0.25) is 0 Å². The molecule has 2 heteroatoms. The highest BCUT2D eigenvalue weighted by Gasteiger charge is 2.51. The Morgan fingerprint density at radius 1 is 0.238 bits per heavy atom. The highest BCUT2D eigenvalue weighted by atomic mass is 15.1. The Kier molecular flexibility index (Phi) is 10.9. The molecule has 12 aromatic rings. The number of nitrogens with zero attached hydrogens (tertiary/aromatic N) is 2. The summed E-state index contributed by atoms with van der Waals surface area (Å²) in [5.41, 5.74) is 36.0. The number of hydrogen-bond donors (Lipinski definition) is 0. The molecule has 1 spiro atoms. The fraction of sp³-hybridized carbons (Fsp3) is 0.122. The lowest BCUT2D eigenvalue weighted by Crippen LogP contribution is -2.25. The van der Waals surface area contributed by atoms with Crippen LogP contribution >= 0.6 is 0 Å². The van der Waals surface area contributed by atoms with Crippen LogP contribution in [-0.4, -0.2) is 0 Å². The van der Waals surface area contributed by atoms with E-state index in [-0.39, 0.29) is 10.8 Å². The summed E-state index contributed by atoms with van der Waals surface area (Å²) in [6.07, 6.45) is 0. The average Bonchev–Trinajstić information content (AvgIpc) is 1.55. The smallest absolute Gasteiger partial charge is 0.0725 e. The molecule has 0 unspecified atom stereocenters. The Bertz CT molecular complexity index is 4550. The molecule has 0 aromatic heterocycles. The van der Waals surface area contributed by atoms with Crippen LogP contribution in [0.15, 0.2) is 261 Å². The molecule has 16 rings (SSSR count). The maximum atomic E-state index is 2.50. The molecule has 0 bridgehead atoms. The Hall–Kier alpha value is -9.76. The minimum absolute atomic E-state index is 0.146. The van der Waals surface area contributed by atoms with Crippen molar-refractivity contribution in [3.05, 3.63) is 322 Å². The maximum absolute atomic E-state index is 2.50. The average molecular weight is 1080 g/mol. The van der Waals surface area contributed by atoms with Gasteiger partial charge in [-0.1, -0.05) is 233 Å². The van der Waals surface area contributed by atoms with Crippen molar-refractivity contribution in [2.45, 2.75) is 64.7 Å². The second-order valence-corrected chi connectivity index (χ2v) is 25.0. The van der Waals surface area contributed by atoms with Gasteiger partial charge < -0.3 is 9.80 Å². The van der Waals surface area contributed by atoms with Gasteiger partial charge in [-0.3, -0.25) is 0 Å². The molecule has 4 aliphatic rings. The molecule has 12 aromatic carbocycles. The van der Waals surface area contributed by atoms with Crippen LogP contribution in [0, 0.1) is 20.8 Å². The van der Waals surface area contributed by atoms with Gasteiger partial charge in [0.1, 0.15) is 0 Å². The molecule has 0 radical (unpaired) electrons. The molecular formula is C82H64N2. The van der Waals surface area contributed by atoms with Gasteiger partial charge in [0.15, 0.2) is 0 Å². The van der Waals surface area contributed by atoms with Crippen LogP contribution < -0.4 is 9.80 Å². The van der Waals surface area contributed by atoms with E-state index in [0.717, 1.165) is 34.1 Å². The topological polar surface area (TPSA) is 6.48 Å². The van der Waals surface area contributed by atoms with Crippen molar-refractivity contribution in [1.82, 2.24) is 0 Å². The van der Waals surface area contributed by atoms with E-state index in [2.05, 4.69) is 319 Å². The highest BCUT2D eigenvalue weighted by Crippen LogP contribution is 2.64. The summed E-state index contributed by atoms with van der Waals surface area (Å²) in [5, 5.41) is 0. The maximum Gasteiger partial charge on any atom is 0.0725 e. The molecule has 0 saturated heterocycles. The molecule has 0 amide bonds. The molecule has 2 nitrogen and oxygen atoms in total. The van der Waals surface area contributed by atoms with E-state index < -0.39 is 5.41 Å². The van der Waals surface area contributed by atoms with Gasteiger partial charge in [-0.15, -0.1) is 0 Å². The summed E-state index contributed by atoms with van der Waals surface area (Å²) in [5.74, 6) is 0. The fourth-order valence-electron chi connectivity index (χ4n) is 15.5. The van der Waals surface area contributed by atoms with Crippen LogP contribution in [0.4, 0.5) is 34.1 Å². The standard InChI is InChI=1S/C82H64N2/c1-51-29-39-66-68-42-36-59(49-77(68)80(4,5)75(66)45-51)83(60-37-43-69-67-40-30-52(2)46-76(67)81(6,7)78(69)50-60)57-35-41-61(53(3)47-57)55-31-33-56(34-32-55)84(79-28-18-14-21-62(79)54-19-9-8-10-20-54)58-38-44-74-70(48-58)65-24-13-17-27-73(65)82(74)71-25-15-11-22-63(71)64-23-12-16-26-72(64)82/h8-50H,1-7H3. The summed E-state index contributed by atoms with van der Waals surface area (Å²) in [4.78, 5) is 4.97. The number of benzene rings is 12. The lowest BCUT2D eigenvalue weighted by Gasteiger charge is -2.31. The minimum atomic E-state index is -0.412. The highest BCUT2D eigenvalue weighted by molar-refractivity contribution is 5.98. The SMILES string of the molecule is Cc1ccc2c(c1)C(C)(C)c1cc(N(c3ccc(-c4ccc(N(c5ccc6c(c5)-c5ccccc5C65c6ccccc6-c6ccccc65)c5ccccc5-c5ccccc5)cc4)c(C)c3)c3ccc4c(c3)C(C)(C)c3cc(C)ccc3-4)ccc1-2. The predicted octanol–water partition coefficient (Wildman–Crippen LogP) is 21.8. The van der Waals surface area contributed by atoms with Gasteiger partial charge in [0, 0.05) is 44.8 Å². The first-order chi connectivity index (χ1) is 40.9. The molecule has 4 aliphatic carbocycles. The Balaban J connectivity index is 0.812. The van der Waals surface area contributed by atoms with E-state index in [1.165, 1.54) is 128 Å². The predicted molar refractivity (Wildman–Crippen MR) is 352 cm³/mol. The van der Waals surface area contributed by atoms with Crippen molar-refractivity contribution in [2.24, 2.45) is 0 Å². The van der Waals surface area contributed by atoms with Crippen LogP contribution in [0.3, 0.4) is 0 Å². The van der Waals surface area contributed by atoms with E-state index in [1.807, 2.05) is 0 Å². The summed E-state index contributed by atoms with van der Waals surface area (Å²) >= 11 is 0. The van der Waals surface area contributed by atoms with Crippen molar-refractivity contribution in [2.75, 3.05) is 9.80 Å². The summed E-state index contributed by atoms with van der Waals surface area (Å²) in [6, 6.07) is 98.8. The molecule has 0 fully saturated rings. The molecule has 0 aliphatic heterocycles. The molecule has 0 heterocycles. The lowest BCUT2D eigenvalue weighted by atomic mass is 9.70. The lowest BCUT2D eigenvalue weighted by molar-refractivity contribution is 0.659. The quantitative estimate of drug-likeness (QED) is 0.150. The molecule has 0 saturated carbocycles. The summed E-state index contributed by atoms with van der Waals surface area (Å²) < 4.78 is 0. The number of para-hydroxylation sites is 1.